The lowest BCUT2D eigenvalue weighted by Crippen LogP contribution is -2.25. The van der Waals surface area contributed by atoms with E-state index in [2.05, 4.69) is 5.32 Å². The molecule has 2 aromatic rings. The summed E-state index contributed by atoms with van der Waals surface area (Å²) in [6.45, 7) is 0.594. The number of methoxy groups -OCH3 is 2. The van der Waals surface area contributed by atoms with Crippen LogP contribution in [-0.2, 0) is 6.42 Å². The van der Waals surface area contributed by atoms with Gasteiger partial charge in [0.1, 0.15) is 11.5 Å². The quantitative estimate of drug-likeness (QED) is 0.887. The summed E-state index contributed by atoms with van der Waals surface area (Å²) in [5, 5.41) is 2.90. The second kappa shape index (κ2) is 7.33. The van der Waals surface area contributed by atoms with Gasteiger partial charge in [-0.3, -0.25) is 4.79 Å². The van der Waals surface area contributed by atoms with Crippen LogP contribution in [0.25, 0.3) is 0 Å². The summed E-state index contributed by atoms with van der Waals surface area (Å²) in [6, 6.07) is 14.9. The minimum Gasteiger partial charge on any atom is -0.497 e. The Morgan fingerprint density at radius 1 is 0.905 bits per heavy atom. The lowest BCUT2D eigenvalue weighted by atomic mass is 10.1. The number of carbonyl (C=O) groups excluding carboxylic acids is 1. The summed E-state index contributed by atoms with van der Waals surface area (Å²) in [5.41, 5.74) is 1.79. The van der Waals surface area contributed by atoms with Crippen molar-refractivity contribution in [3.05, 3.63) is 59.7 Å². The highest BCUT2D eigenvalue weighted by atomic mass is 16.5. The van der Waals surface area contributed by atoms with Crippen LogP contribution in [0.5, 0.6) is 11.5 Å². The number of rotatable bonds is 6. The standard InChI is InChI=1S/C17H19NO3/c1-20-15-7-3-13(4-8-15)11-12-18-17(19)14-5-9-16(21-2)10-6-14/h3-10H,11-12H2,1-2H3,(H,18,19). The Morgan fingerprint density at radius 3 is 1.95 bits per heavy atom. The average Bonchev–Trinajstić information content (AvgIpc) is 2.55. The monoisotopic (exact) mass is 285 g/mol. The summed E-state index contributed by atoms with van der Waals surface area (Å²) in [5.74, 6) is 1.50. The van der Waals surface area contributed by atoms with Gasteiger partial charge in [-0.25, -0.2) is 0 Å². The first-order valence-electron chi connectivity index (χ1n) is 6.78. The van der Waals surface area contributed by atoms with Gasteiger partial charge in [-0.2, -0.15) is 0 Å². The molecule has 0 aliphatic heterocycles. The zero-order chi connectivity index (χ0) is 15.1. The minimum atomic E-state index is -0.0776. The predicted octanol–water partition coefficient (Wildman–Crippen LogP) is 2.68. The Bertz CT molecular complexity index is 576. The molecular formula is C17H19NO3. The largest absolute Gasteiger partial charge is 0.497 e. The van der Waals surface area contributed by atoms with Crippen molar-refractivity contribution in [2.75, 3.05) is 20.8 Å². The summed E-state index contributed by atoms with van der Waals surface area (Å²) < 4.78 is 10.2. The fraction of sp³-hybridized carbons (Fsp3) is 0.235. The van der Waals surface area contributed by atoms with Gasteiger partial charge in [0.15, 0.2) is 0 Å². The highest BCUT2D eigenvalue weighted by molar-refractivity contribution is 5.94. The van der Waals surface area contributed by atoms with E-state index in [0.29, 0.717) is 12.1 Å². The normalized spacial score (nSPS) is 10.0. The first-order chi connectivity index (χ1) is 10.2. The zero-order valence-electron chi connectivity index (χ0n) is 12.3. The third-order valence-electron chi connectivity index (χ3n) is 3.21. The van der Waals surface area contributed by atoms with Gasteiger partial charge in [0, 0.05) is 12.1 Å². The first-order valence-corrected chi connectivity index (χ1v) is 6.78. The molecule has 2 rings (SSSR count). The van der Waals surface area contributed by atoms with Crippen molar-refractivity contribution in [3.63, 3.8) is 0 Å². The maximum Gasteiger partial charge on any atom is 0.251 e. The van der Waals surface area contributed by atoms with E-state index in [0.717, 1.165) is 23.5 Å². The van der Waals surface area contributed by atoms with E-state index in [4.69, 9.17) is 9.47 Å². The summed E-state index contributed by atoms with van der Waals surface area (Å²) in [6.07, 6.45) is 0.784. The fourth-order valence-electron chi connectivity index (χ4n) is 1.96. The van der Waals surface area contributed by atoms with Gasteiger partial charge < -0.3 is 14.8 Å². The SMILES string of the molecule is COc1ccc(CCNC(=O)c2ccc(OC)cc2)cc1. The van der Waals surface area contributed by atoms with Crippen LogP contribution >= 0.6 is 0 Å². The van der Waals surface area contributed by atoms with E-state index in [1.165, 1.54) is 0 Å². The molecule has 1 amide bonds. The van der Waals surface area contributed by atoms with Crippen molar-refractivity contribution >= 4 is 5.91 Å². The molecule has 0 saturated carbocycles. The number of nitrogens with one attached hydrogen (secondary N) is 1. The maximum atomic E-state index is 12.0. The van der Waals surface area contributed by atoms with Crippen LogP contribution in [0.3, 0.4) is 0 Å². The van der Waals surface area contributed by atoms with Crippen molar-refractivity contribution in [1.29, 1.82) is 0 Å². The number of hydrogen-bond acceptors (Lipinski definition) is 3. The zero-order valence-corrected chi connectivity index (χ0v) is 12.3. The molecule has 0 bridgehead atoms. The highest BCUT2D eigenvalue weighted by Crippen LogP contribution is 2.12. The molecule has 2 aromatic carbocycles. The van der Waals surface area contributed by atoms with Gasteiger partial charge in [0.05, 0.1) is 14.2 Å². The molecule has 0 saturated heterocycles. The van der Waals surface area contributed by atoms with E-state index in [1.54, 1.807) is 38.5 Å². The van der Waals surface area contributed by atoms with Crippen LogP contribution < -0.4 is 14.8 Å². The lowest BCUT2D eigenvalue weighted by molar-refractivity contribution is 0.0954. The Kier molecular flexibility index (Phi) is 5.21. The molecule has 0 atom stereocenters. The fourth-order valence-corrected chi connectivity index (χ4v) is 1.96. The van der Waals surface area contributed by atoms with E-state index < -0.39 is 0 Å². The van der Waals surface area contributed by atoms with Crippen molar-refractivity contribution in [2.45, 2.75) is 6.42 Å². The lowest BCUT2D eigenvalue weighted by Gasteiger charge is -2.07. The molecule has 4 heteroatoms. The Labute approximate surface area is 124 Å². The van der Waals surface area contributed by atoms with Crippen LogP contribution in [-0.4, -0.2) is 26.7 Å². The number of carbonyl (C=O) groups is 1. The van der Waals surface area contributed by atoms with Gasteiger partial charge >= 0.3 is 0 Å². The third-order valence-corrected chi connectivity index (χ3v) is 3.21. The molecule has 21 heavy (non-hydrogen) atoms. The van der Waals surface area contributed by atoms with Crippen LogP contribution in [0, 0.1) is 0 Å². The van der Waals surface area contributed by atoms with Crippen LogP contribution in [0.2, 0.25) is 0 Å². The molecule has 110 valence electrons. The molecule has 0 radical (unpaired) electrons. The maximum absolute atomic E-state index is 12.0. The van der Waals surface area contributed by atoms with Gasteiger partial charge in [-0.05, 0) is 48.4 Å². The Morgan fingerprint density at radius 2 is 1.43 bits per heavy atom. The van der Waals surface area contributed by atoms with Gasteiger partial charge in [-0.15, -0.1) is 0 Å². The van der Waals surface area contributed by atoms with E-state index in [9.17, 15) is 4.79 Å². The molecule has 0 heterocycles. The molecule has 0 fully saturated rings. The third kappa shape index (κ3) is 4.24. The second-order valence-electron chi connectivity index (χ2n) is 4.58. The molecule has 4 nitrogen and oxygen atoms in total. The first kappa shape index (κ1) is 14.9. The predicted molar refractivity (Wildman–Crippen MR) is 82.0 cm³/mol. The summed E-state index contributed by atoms with van der Waals surface area (Å²) >= 11 is 0. The summed E-state index contributed by atoms with van der Waals surface area (Å²) in [4.78, 5) is 12.0. The van der Waals surface area contributed by atoms with Crippen LogP contribution in [0.15, 0.2) is 48.5 Å². The average molecular weight is 285 g/mol. The molecule has 0 aliphatic carbocycles. The second-order valence-corrected chi connectivity index (χ2v) is 4.58. The number of amides is 1. The molecule has 0 unspecified atom stereocenters. The van der Waals surface area contributed by atoms with Gasteiger partial charge in [0.2, 0.25) is 0 Å². The molecule has 0 aliphatic rings. The number of hydrogen-bond donors (Lipinski definition) is 1. The van der Waals surface area contributed by atoms with Gasteiger partial charge in [0.25, 0.3) is 5.91 Å². The minimum absolute atomic E-state index is 0.0776. The van der Waals surface area contributed by atoms with Crippen molar-refractivity contribution < 1.29 is 14.3 Å². The molecule has 0 aromatic heterocycles. The van der Waals surface area contributed by atoms with E-state index in [1.807, 2.05) is 24.3 Å². The molecule has 0 spiro atoms. The Hall–Kier alpha value is -2.49. The van der Waals surface area contributed by atoms with Crippen LogP contribution in [0.1, 0.15) is 15.9 Å². The molecule has 1 N–H and O–H groups in total. The van der Waals surface area contributed by atoms with Crippen molar-refractivity contribution in [3.8, 4) is 11.5 Å². The van der Waals surface area contributed by atoms with Gasteiger partial charge in [-0.1, -0.05) is 12.1 Å². The number of ether oxygens (including phenoxy) is 2. The molecular weight excluding hydrogens is 266 g/mol. The Balaban J connectivity index is 1.82. The van der Waals surface area contributed by atoms with Crippen LogP contribution in [0.4, 0.5) is 0 Å². The highest BCUT2D eigenvalue weighted by Gasteiger charge is 2.05. The number of benzene rings is 2. The summed E-state index contributed by atoms with van der Waals surface area (Å²) in [7, 11) is 3.24. The van der Waals surface area contributed by atoms with Crippen molar-refractivity contribution in [2.24, 2.45) is 0 Å². The van der Waals surface area contributed by atoms with Crippen molar-refractivity contribution in [1.82, 2.24) is 5.32 Å². The smallest absolute Gasteiger partial charge is 0.251 e. The van der Waals surface area contributed by atoms with E-state index in [-0.39, 0.29) is 5.91 Å². The van der Waals surface area contributed by atoms with E-state index >= 15 is 0 Å². The topological polar surface area (TPSA) is 47.6 Å².